The molecular formula is C28H30F6N2O4S. The lowest BCUT2D eigenvalue weighted by molar-refractivity contribution is -0.143. The Bertz CT molecular complexity index is 1260. The van der Waals surface area contributed by atoms with E-state index in [-0.39, 0.29) is 24.0 Å². The van der Waals surface area contributed by atoms with E-state index in [0.717, 1.165) is 29.7 Å². The molecule has 6 nitrogen and oxygen atoms in total. The van der Waals surface area contributed by atoms with Crippen LogP contribution in [0.15, 0.2) is 41.3 Å². The zero-order chi connectivity index (χ0) is 30.3. The zero-order valence-corrected chi connectivity index (χ0v) is 23.6. The third-order valence-corrected chi connectivity index (χ3v) is 7.86. The quantitative estimate of drug-likeness (QED) is 0.245. The number of benzene rings is 2. The molecule has 2 aromatic carbocycles. The first-order valence-electron chi connectivity index (χ1n) is 12.9. The van der Waals surface area contributed by atoms with E-state index in [1.54, 1.807) is 36.9 Å². The number of amides is 2. The molecule has 1 aliphatic heterocycles. The van der Waals surface area contributed by atoms with Gasteiger partial charge in [-0.15, -0.1) is 11.8 Å². The molecule has 0 unspecified atom stereocenters. The second-order valence-electron chi connectivity index (χ2n) is 10.4. The Morgan fingerprint density at radius 2 is 1.63 bits per heavy atom. The molecule has 13 heteroatoms. The first kappa shape index (κ1) is 30.9. The molecule has 1 heterocycles. The lowest BCUT2D eigenvalue weighted by Crippen LogP contribution is -2.50. The number of nitrogens with zero attached hydrogens (tertiary/aromatic N) is 2. The fourth-order valence-corrected chi connectivity index (χ4v) is 5.63. The van der Waals surface area contributed by atoms with E-state index in [1.807, 2.05) is 6.26 Å². The Morgan fingerprint density at radius 1 is 1.02 bits per heavy atom. The van der Waals surface area contributed by atoms with Crippen molar-refractivity contribution in [1.82, 2.24) is 4.90 Å². The molecule has 1 fully saturated rings. The van der Waals surface area contributed by atoms with Gasteiger partial charge in [-0.1, -0.05) is 0 Å². The number of carbonyl (C=O) groups is 2. The lowest BCUT2D eigenvalue weighted by atomic mass is 9.87. The predicted molar refractivity (Wildman–Crippen MR) is 141 cm³/mol. The fourth-order valence-electron chi connectivity index (χ4n) is 5.18. The third kappa shape index (κ3) is 6.87. The molecule has 2 amide bonds. The largest absolute Gasteiger partial charge is 0.453 e. The van der Waals surface area contributed by atoms with E-state index in [1.165, 1.54) is 11.8 Å². The molecule has 2 aliphatic rings. The first-order valence-corrected chi connectivity index (χ1v) is 14.2. The zero-order valence-electron chi connectivity index (χ0n) is 22.8. The van der Waals surface area contributed by atoms with Crippen LogP contribution in [0, 0.1) is 5.92 Å². The minimum atomic E-state index is -5.04. The van der Waals surface area contributed by atoms with Crippen molar-refractivity contribution < 1.29 is 45.4 Å². The van der Waals surface area contributed by atoms with Crippen LogP contribution in [0.4, 0.5) is 41.6 Å². The number of halogens is 6. The van der Waals surface area contributed by atoms with Crippen LogP contribution in [0.1, 0.15) is 61.4 Å². The van der Waals surface area contributed by atoms with Crippen LogP contribution < -0.4 is 4.90 Å². The highest BCUT2D eigenvalue weighted by Crippen LogP contribution is 2.49. The summed E-state index contributed by atoms with van der Waals surface area (Å²) in [6.07, 6.45) is -8.29. The van der Waals surface area contributed by atoms with Gasteiger partial charge >= 0.3 is 24.5 Å². The number of thioether (sulfide) groups is 1. The van der Waals surface area contributed by atoms with Crippen molar-refractivity contribution in [1.29, 1.82) is 0 Å². The molecule has 41 heavy (non-hydrogen) atoms. The minimum absolute atomic E-state index is 0.0496. The normalized spacial score (nSPS) is 19.1. The van der Waals surface area contributed by atoms with Gasteiger partial charge in [0.25, 0.3) is 0 Å². The smallest absolute Gasteiger partial charge is 0.416 e. The highest BCUT2D eigenvalue weighted by Gasteiger charge is 2.47. The summed E-state index contributed by atoms with van der Waals surface area (Å²) in [6, 6.07) is 5.36. The molecule has 0 radical (unpaired) electrons. The van der Waals surface area contributed by atoms with Gasteiger partial charge in [-0.3, -0.25) is 9.80 Å². The maximum atomic E-state index is 13.6. The molecule has 2 aromatic rings. The molecule has 2 atom stereocenters. The fraction of sp³-hybridized carbons (Fsp3) is 0.500. The molecule has 1 saturated carbocycles. The molecular weight excluding hydrogens is 574 g/mol. The van der Waals surface area contributed by atoms with Crippen LogP contribution in [-0.4, -0.2) is 42.6 Å². The maximum absolute atomic E-state index is 13.6. The Balaban J connectivity index is 1.84. The standard InChI is InChI=1S/C28H30F6N2O4S/c1-15(2)40-26(38)36-22-8-7-20(41-4)12-21(22)24(13-23(36)17-5-6-17)35(25(37)39-3)14-16-9-18(27(29,30)31)11-19(10-16)28(32,33)34/h7-12,15,17,23-24H,5-6,13-14H2,1-4H3/t23-,24-/m0/s1. The number of alkyl halides is 6. The molecule has 224 valence electrons. The van der Waals surface area contributed by atoms with Crippen LogP contribution in [-0.2, 0) is 28.4 Å². The van der Waals surface area contributed by atoms with E-state index in [9.17, 15) is 35.9 Å². The lowest BCUT2D eigenvalue weighted by Gasteiger charge is -2.44. The average Bonchev–Trinajstić information content (AvgIpc) is 3.74. The summed E-state index contributed by atoms with van der Waals surface area (Å²) in [4.78, 5) is 29.9. The number of hydrogen-bond donors (Lipinski definition) is 0. The first-order chi connectivity index (χ1) is 19.1. The summed E-state index contributed by atoms with van der Waals surface area (Å²) in [5, 5.41) is 0. The summed E-state index contributed by atoms with van der Waals surface area (Å²) in [6.45, 7) is 2.86. The minimum Gasteiger partial charge on any atom is -0.453 e. The van der Waals surface area contributed by atoms with Crippen LogP contribution in [0.3, 0.4) is 0 Å². The SMILES string of the molecule is COC(=O)N(Cc1cc(C(F)(F)F)cc(C(F)(F)F)c1)[C@H]1C[C@@H](C2CC2)N(C(=O)OC(C)C)c2ccc(SC)cc21. The average molecular weight is 605 g/mol. The Labute approximate surface area is 238 Å². The van der Waals surface area contributed by atoms with Gasteiger partial charge in [0, 0.05) is 17.5 Å². The van der Waals surface area contributed by atoms with Gasteiger partial charge < -0.3 is 9.47 Å². The van der Waals surface area contributed by atoms with Crippen molar-refractivity contribution in [2.75, 3.05) is 18.3 Å². The summed E-state index contributed by atoms with van der Waals surface area (Å²) in [5.41, 5.74) is -2.32. The van der Waals surface area contributed by atoms with Crippen molar-refractivity contribution in [3.63, 3.8) is 0 Å². The van der Waals surface area contributed by atoms with Gasteiger partial charge in [-0.2, -0.15) is 26.3 Å². The topological polar surface area (TPSA) is 59.1 Å². The summed E-state index contributed by atoms with van der Waals surface area (Å²) >= 11 is 1.40. The highest BCUT2D eigenvalue weighted by atomic mass is 32.2. The van der Waals surface area contributed by atoms with Crippen LogP contribution in [0.5, 0.6) is 0 Å². The summed E-state index contributed by atoms with van der Waals surface area (Å²) in [5.74, 6) is 0.0930. The highest BCUT2D eigenvalue weighted by molar-refractivity contribution is 7.98. The van der Waals surface area contributed by atoms with Gasteiger partial charge in [-0.25, -0.2) is 9.59 Å². The van der Waals surface area contributed by atoms with Crippen molar-refractivity contribution in [2.24, 2.45) is 5.92 Å². The number of methoxy groups -OCH3 is 1. The number of rotatable bonds is 6. The monoisotopic (exact) mass is 604 g/mol. The number of hydrogen-bond acceptors (Lipinski definition) is 5. The van der Waals surface area contributed by atoms with E-state index < -0.39 is 60.4 Å². The van der Waals surface area contributed by atoms with Gasteiger partial charge in [0.15, 0.2) is 0 Å². The summed E-state index contributed by atoms with van der Waals surface area (Å²) in [7, 11) is 1.09. The van der Waals surface area contributed by atoms with Crippen LogP contribution in [0.2, 0.25) is 0 Å². The Hall–Kier alpha value is -3.09. The number of anilines is 1. The molecule has 0 bridgehead atoms. The molecule has 4 rings (SSSR count). The molecule has 1 aliphatic carbocycles. The summed E-state index contributed by atoms with van der Waals surface area (Å²) < 4.78 is 91.9. The van der Waals surface area contributed by atoms with Crippen molar-refractivity contribution in [2.45, 2.75) is 75.1 Å². The van der Waals surface area contributed by atoms with E-state index in [2.05, 4.69) is 0 Å². The van der Waals surface area contributed by atoms with Gasteiger partial charge in [-0.05, 0) is 92.8 Å². The Kier molecular flexibility index (Phi) is 8.77. The van der Waals surface area contributed by atoms with Crippen molar-refractivity contribution in [3.8, 4) is 0 Å². The maximum Gasteiger partial charge on any atom is 0.416 e. The van der Waals surface area contributed by atoms with Crippen molar-refractivity contribution in [3.05, 3.63) is 58.7 Å². The van der Waals surface area contributed by atoms with Gasteiger partial charge in [0.2, 0.25) is 0 Å². The van der Waals surface area contributed by atoms with E-state index in [0.29, 0.717) is 23.4 Å². The van der Waals surface area contributed by atoms with Crippen LogP contribution in [0.25, 0.3) is 0 Å². The number of carbonyl (C=O) groups excluding carboxylic acids is 2. The second-order valence-corrected chi connectivity index (χ2v) is 11.3. The number of ether oxygens (including phenoxy) is 2. The van der Waals surface area contributed by atoms with Gasteiger partial charge in [0.05, 0.1) is 36.1 Å². The number of fused-ring (bicyclic) bond motifs is 1. The third-order valence-electron chi connectivity index (χ3n) is 7.13. The molecule has 0 saturated heterocycles. The molecule has 0 aromatic heterocycles. The second kappa shape index (κ2) is 11.7. The van der Waals surface area contributed by atoms with Crippen molar-refractivity contribution >= 4 is 29.6 Å². The predicted octanol–water partition coefficient (Wildman–Crippen LogP) is 8.29. The molecule has 0 spiro atoms. The van der Waals surface area contributed by atoms with E-state index >= 15 is 0 Å². The molecule has 0 N–H and O–H groups in total. The van der Waals surface area contributed by atoms with E-state index in [4.69, 9.17) is 9.47 Å². The van der Waals surface area contributed by atoms with Crippen LogP contribution >= 0.6 is 11.8 Å². The van der Waals surface area contributed by atoms with Gasteiger partial charge in [0.1, 0.15) is 0 Å². The Morgan fingerprint density at radius 3 is 2.12 bits per heavy atom.